The van der Waals surface area contributed by atoms with Gasteiger partial charge in [-0.2, -0.15) is 13.2 Å². The van der Waals surface area contributed by atoms with Gasteiger partial charge in [-0.1, -0.05) is 47.7 Å². The average molecular weight is 418 g/mol. The van der Waals surface area contributed by atoms with Crippen LogP contribution < -0.4 is 4.90 Å². The Labute approximate surface area is 160 Å². The maximum absolute atomic E-state index is 13.9. The number of thiocarbonyl (C=S) groups is 1. The van der Waals surface area contributed by atoms with Crippen LogP contribution in [0.2, 0.25) is 5.02 Å². The SMILES string of the molecule is O=C1/C(=C\c2c(F)cccc2Cl)SC(=S)N1c1cccc(C(F)(F)F)c1. The third-order valence-corrected chi connectivity index (χ3v) is 5.13. The topological polar surface area (TPSA) is 20.3 Å². The van der Waals surface area contributed by atoms with Gasteiger partial charge in [0, 0.05) is 5.56 Å². The zero-order valence-corrected chi connectivity index (χ0v) is 15.1. The summed E-state index contributed by atoms with van der Waals surface area (Å²) in [5.74, 6) is -1.26. The van der Waals surface area contributed by atoms with Crippen molar-refractivity contribution in [2.24, 2.45) is 0 Å². The largest absolute Gasteiger partial charge is 0.416 e. The van der Waals surface area contributed by atoms with E-state index in [0.717, 1.165) is 28.8 Å². The standard InChI is InChI=1S/C17H8ClF4NOS2/c18-12-5-2-6-13(19)11(12)8-14-15(24)23(16(25)26-14)10-4-1-3-9(7-10)17(20,21)22/h1-8H/b14-8+. The molecule has 1 amide bonds. The second-order valence-electron chi connectivity index (χ2n) is 5.20. The molecule has 2 nitrogen and oxygen atoms in total. The lowest BCUT2D eigenvalue weighted by Gasteiger charge is -2.16. The maximum Gasteiger partial charge on any atom is 0.416 e. The van der Waals surface area contributed by atoms with Crippen LogP contribution >= 0.6 is 35.6 Å². The molecule has 1 saturated heterocycles. The molecule has 1 aliphatic rings. The van der Waals surface area contributed by atoms with Crippen LogP contribution in [0.1, 0.15) is 11.1 Å². The van der Waals surface area contributed by atoms with Gasteiger partial charge in [-0.15, -0.1) is 0 Å². The van der Waals surface area contributed by atoms with E-state index in [9.17, 15) is 22.4 Å². The number of alkyl halides is 3. The predicted octanol–water partition coefficient (Wildman–Crippen LogP) is 5.90. The fourth-order valence-corrected chi connectivity index (χ4v) is 3.79. The minimum Gasteiger partial charge on any atom is -0.268 e. The number of carbonyl (C=O) groups is 1. The molecule has 26 heavy (non-hydrogen) atoms. The van der Waals surface area contributed by atoms with E-state index in [-0.39, 0.29) is 25.5 Å². The molecule has 3 rings (SSSR count). The van der Waals surface area contributed by atoms with Gasteiger partial charge in [0.05, 0.1) is 21.2 Å². The molecule has 0 aliphatic carbocycles. The van der Waals surface area contributed by atoms with Gasteiger partial charge in [0.2, 0.25) is 0 Å². The summed E-state index contributed by atoms with van der Waals surface area (Å²) in [6.45, 7) is 0. The molecule has 2 aromatic rings. The molecule has 1 aliphatic heterocycles. The Bertz CT molecular complexity index is 922. The van der Waals surface area contributed by atoms with Gasteiger partial charge in [0.15, 0.2) is 4.32 Å². The van der Waals surface area contributed by atoms with Crippen molar-refractivity contribution in [1.82, 2.24) is 0 Å². The molecular formula is C17H8ClF4NOS2. The first kappa shape index (κ1) is 18.9. The van der Waals surface area contributed by atoms with Gasteiger partial charge in [-0.05, 0) is 36.4 Å². The highest BCUT2D eigenvalue weighted by Crippen LogP contribution is 2.39. The van der Waals surface area contributed by atoms with Crippen molar-refractivity contribution in [1.29, 1.82) is 0 Å². The van der Waals surface area contributed by atoms with E-state index in [2.05, 4.69) is 0 Å². The summed E-state index contributed by atoms with van der Waals surface area (Å²) in [5, 5.41) is 0.106. The van der Waals surface area contributed by atoms with Crippen molar-refractivity contribution >= 4 is 57.6 Å². The maximum atomic E-state index is 13.9. The van der Waals surface area contributed by atoms with E-state index in [1.807, 2.05) is 0 Å². The molecule has 134 valence electrons. The van der Waals surface area contributed by atoms with Crippen molar-refractivity contribution < 1.29 is 22.4 Å². The van der Waals surface area contributed by atoms with E-state index in [4.69, 9.17) is 23.8 Å². The van der Waals surface area contributed by atoms with Crippen LogP contribution in [-0.4, -0.2) is 10.2 Å². The van der Waals surface area contributed by atoms with Crippen LogP contribution in [0.15, 0.2) is 47.4 Å². The molecule has 1 heterocycles. The van der Waals surface area contributed by atoms with Crippen LogP contribution in [0.3, 0.4) is 0 Å². The van der Waals surface area contributed by atoms with Crippen LogP contribution in [0.5, 0.6) is 0 Å². The number of nitrogens with zero attached hydrogens (tertiary/aromatic N) is 1. The zero-order chi connectivity index (χ0) is 19.1. The van der Waals surface area contributed by atoms with Crippen molar-refractivity contribution in [3.8, 4) is 0 Å². The number of halogens is 5. The monoisotopic (exact) mass is 417 g/mol. The Balaban J connectivity index is 1.99. The van der Waals surface area contributed by atoms with E-state index >= 15 is 0 Å². The van der Waals surface area contributed by atoms with E-state index in [1.54, 1.807) is 0 Å². The van der Waals surface area contributed by atoms with Crippen molar-refractivity contribution in [2.75, 3.05) is 4.90 Å². The minimum atomic E-state index is -4.55. The number of anilines is 1. The van der Waals surface area contributed by atoms with E-state index in [0.29, 0.717) is 0 Å². The number of hydrogen-bond donors (Lipinski definition) is 0. The Morgan fingerprint density at radius 1 is 1.15 bits per heavy atom. The van der Waals surface area contributed by atoms with Crippen molar-refractivity contribution in [2.45, 2.75) is 6.18 Å². The highest BCUT2D eigenvalue weighted by molar-refractivity contribution is 8.27. The van der Waals surface area contributed by atoms with Gasteiger partial charge in [-0.3, -0.25) is 9.69 Å². The number of benzene rings is 2. The molecule has 0 atom stereocenters. The highest BCUT2D eigenvalue weighted by Gasteiger charge is 2.36. The van der Waals surface area contributed by atoms with Gasteiger partial charge in [0.1, 0.15) is 5.82 Å². The minimum absolute atomic E-state index is 0.00893. The second kappa shape index (κ2) is 7.02. The van der Waals surface area contributed by atoms with Crippen LogP contribution in [0.4, 0.5) is 23.2 Å². The third-order valence-electron chi connectivity index (χ3n) is 3.50. The third kappa shape index (κ3) is 3.62. The predicted molar refractivity (Wildman–Crippen MR) is 98.5 cm³/mol. The number of hydrogen-bond acceptors (Lipinski definition) is 3. The number of rotatable bonds is 2. The fourth-order valence-electron chi connectivity index (χ4n) is 2.29. The lowest BCUT2D eigenvalue weighted by Crippen LogP contribution is -2.27. The summed E-state index contributed by atoms with van der Waals surface area (Å²) < 4.78 is 52.6. The molecule has 0 radical (unpaired) electrons. The van der Waals surface area contributed by atoms with Gasteiger partial charge >= 0.3 is 6.18 Å². The number of amides is 1. The Morgan fingerprint density at radius 3 is 2.50 bits per heavy atom. The first-order chi connectivity index (χ1) is 12.2. The molecule has 0 aromatic heterocycles. The molecule has 0 spiro atoms. The van der Waals surface area contributed by atoms with Gasteiger partial charge in [0.25, 0.3) is 5.91 Å². The second-order valence-corrected chi connectivity index (χ2v) is 7.28. The molecule has 9 heteroatoms. The van der Waals surface area contributed by atoms with Crippen molar-refractivity contribution in [3.05, 3.63) is 69.3 Å². The lowest BCUT2D eigenvalue weighted by atomic mass is 10.1. The zero-order valence-electron chi connectivity index (χ0n) is 12.7. The quantitative estimate of drug-likeness (QED) is 0.344. The Kier molecular flexibility index (Phi) is 5.09. The molecule has 0 saturated carbocycles. The highest BCUT2D eigenvalue weighted by atomic mass is 35.5. The van der Waals surface area contributed by atoms with Crippen molar-refractivity contribution in [3.63, 3.8) is 0 Å². The summed E-state index contributed by atoms with van der Waals surface area (Å²) in [6, 6.07) is 8.34. The van der Waals surface area contributed by atoms with Crippen LogP contribution in [-0.2, 0) is 11.0 Å². The Morgan fingerprint density at radius 2 is 1.85 bits per heavy atom. The number of carbonyl (C=O) groups excluding carboxylic acids is 1. The molecule has 2 aromatic carbocycles. The normalized spacial score (nSPS) is 16.7. The molecule has 0 N–H and O–H groups in total. The number of thioether (sulfide) groups is 1. The first-order valence-corrected chi connectivity index (χ1v) is 8.68. The molecule has 1 fully saturated rings. The molecular weight excluding hydrogens is 410 g/mol. The average Bonchev–Trinajstić information content (AvgIpc) is 2.84. The van der Waals surface area contributed by atoms with Crippen LogP contribution in [0.25, 0.3) is 6.08 Å². The van der Waals surface area contributed by atoms with Gasteiger partial charge < -0.3 is 0 Å². The summed E-state index contributed by atoms with van der Waals surface area (Å²) in [7, 11) is 0. The summed E-state index contributed by atoms with van der Waals surface area (Å²) in [4.78, 5) is 13.7. The van der Waals surface area contributed by atoms with Crippen LogP contribution in [0, 0.1) is 5.82 Å². The summed E-state index contributed by atoms with van der Waals surface area (Å²) in [5.41, 5.74) is -0.894. The Hall–Kier alpha value is -1.90. The fraction of sp³-hybridized carbons (Fsp3) is 0.0588. The molecule has 0 unspecified atom stereocenters. The van der Waals surface area contributed by atoms with E-state index in [1.165, 1.54) is 36.4 Å². The lowest BCUT2D eigenvalue weighted by molar-refractivity contribution is -0.137. The summed E-state index contributed by atoms with van der Waals surface area (Å²) in [6.07, 6.45) is -3.31. The smallest absolute Gasteiger partial charge is 0.268 e. The van der Waals surface area contributed by atoms with Gasteiger partial charge in [-0.25, -0.2) is 4.39 Å². The van der Waals surface area contributed by atoms with E-state index < -0.39 is 23.5 Å². The summed E-state index contributed by atoms with van der Waals surface area (Å²) >= 11 is 11.9. The molecule has 0 bridgehead atoms. The first-order valence-electron chi connectivity index (χ1n) is 7.07.